The van der Waals surface area contributed by atoms with Crippen molar-refractivity contribution in [2.45, 2.75) is 31.7 Å². The summed E-state index contributed by atoms with van der Waals surface area (Å²) in [5.74, 6) is 1.93. The summed E-state index contributed by atoms with van der Waals surface area (Å²) >= 11 is 2.01. The van der Waals surface area contributed by atoms with Gasteiger partial charge in [-0.05, 0) is 18.5 Å². The lowest BCUT2D eigenvalue weighted by Crippen LogP contribution is -2.44. The third kappa shape index (κ3) is 3.49. The molecule has 2 unspecified atom stereocenters. The Morgan fingerprint density at radius 1 is 1.40 bits per heavy atom. The first kappa shape index (κ1) is 15.7. The predicted octanol–water partition coefficient (Wildman–Crippen LogP) is 0.701. The molecule has 1 aliphatic heterocycles. The molecule has 1 heterocycles. The molecule has 2 N–H and O–H groups in total. The van der Waals surface area contributed by atoms with Gasteiger partial charge in [-0.1, -0.05) is 19.1 Å². The van der Waals surface area contributed by atoms with E-state index in [-0.39, 0.29) is 0 Å². The topological polar surface area (TPSA) is 52.9 Å². The van der Waals surface area contributed by atoms with E-state index in [0.29, 0.717) is 16.8 Å². The molecule has 1 aliphatic rings. The van der Waals surface area contributed by atoms with Crippen LogP contribution in [0.2, 0.25) is 0 Å². The van der Waals surface area contributed by atoms with Crippen LogP contribution in [-0.2, 0) is 6.54 Å². The first-order valence-electron chi connectivity index (χ1n) is 6.91. The van der Waals surface area contributed by atoms with Gasteiger partial charge in [0.25, 0.3) is 0 Å². The number of thioether (sulfide) groups is 1. The van der Waals surface area contributed by atoms with Crippen LogP contribution in [0.15, 0.2) is 18.2 Å². The lowest BCUT2D eigenvalue weighted by Gasteiger charge is -2.37. The molecule has 0 amide bonds. The van der Waals surface area contributed by atoms with E-state index < -0.39 is 7.12 Å². The van der Waals surface area contributed by atoms with Crippen molar-refractivity contribution < 1.29 is 14.8 Å². The molecule has 1 aromatic rings. The van der Waals surface area contributed by atoms with Gasteiger partial charge >= 0.3 is 7.12 Å². The van der Waals surface area contributed by atoms with Crippen molar-refractivity contribution in [1.82, 2.24) is 4.90 Å². The highest BCUT2D eigenvalue weighted by molar-refractivity contribution is 8.00. The molecule has 20 heavy (non-hydrogen) atoms. The Balaban J connectivity index is 2.20. The smallest absolute Gasteiger partial charge is 0.488 e. The maximum Gasteiger partial charge on any atom is 0.488 e. The molecule has 0 aliphatic carbocycles. The largest absolute Gasteiger partial charge is 0.496 e. The predicted molar refractivity (Wildman–Crippen MR) is 84.6 cm³/mol. The van der Waals surface area contributed by atoms with Crippen molar-refractivity contribution in [2.75, 3.05) is 19.4 Å². The Morgan fingerprint density at radius 2 is 2.15 bits per heavy atom. The molecule has 6 heteroatoms. The van der Waals surface area contributed by atoms with E-state index in [4.69, 9.17) is 4.74 Å². The minimum atomic E-state index is -1.44. The molecule has 110 valence electrons. The molecule has 4 nitrogen and oxygen atoms in total. The standard InChI is InChI=1S/C14H22BNO3S/c1-10-11(2)20-7-6-16(10)9-12-8-13(15(17)18)4-5-14(12)19-3/h4-5,8,10-11,17-18H,6-7,9H2,1-3H3. The van der Waals surface area contributed by atoms with Gasteiger partial charge in [-0.3, -0.25) is 4.90 Å². The Hall–Kier alpha value is -0.685. The maximum atomic E-state index is 9.31. The van der Waals surface area contributed by atoms with Gasteiger partial charge in [0.1, 0.15) is 5.75 Å². The average Bonchev–Trinajstić information content (AvgIpc) is 2.43. The number of methoxy groups -OCH3 is 1. The zero-order chi connectivity index (χ0) is 14.7. The van der Waals surface area contributed by atoms with E-state index in [1.807, 2.05) is 17.8 Å². The Labute approximate surface area is 125 Å². The molecule has 2 atom stereocenters. The molecule has 1 saturated heterocycles. The quantitative estimate of drug-likeness (QED) is 0.801. The first-order chi connectivity index (χ1) is 9.52. The van der Waals surface area contributed by atoms with E-state index in [9.17, 15) is 10.0 Å². The monoisotopic (exact) mass is 295 g/mol. The van der Waals surface area contributed by atoms with Crippen LogP contribution in [-0.4, -0.2) is 52.8 Å². The fourth-order valence-corrected chi connectivity index (χ4v) is 3.68. The number of ether oxygens (including phenoxy) is 1. The van der Waals surface area contributed by atoms with Crippen LogP contribution in [0.25, 0.3) is 0 Å². The van der Waals surface area contributed by atoms with Crippen molar-refractivity contribution in [1.29, 1.82) is 0 Å². The second-order valence-corrected chi connectivity index (χ2v) is 6.72. The van der Waals surface area contributed by atoms with Crippen LogP contribution in [0.3, 0.4) is 0 Å². The van der Waals surface area contributed by atoms with E-state index in [1.165, 1.54) is 0 Å². The summed E-state index contributed by atoms with van der Waals surface area (Å²) in [6, 6.07) is 5.81. The summed E-state index contributed by atoms with van der Waals surface area (Å²) in [7, 11) is 0.208. The summed E-state index contributed by atoms with van der Waals surface area (Å²) in [5.41, 5.74) is 1.51. The van der Waals surface area contributed by atoms with Crippen LogP contribution in [0.5, 0.6) is 5.75 Å². The van der Waals surface area contributed by atoms with Gasteiger partial charge in [-0.15, -0.1) is 0 Å². The number of rotatable bonds is 4. The van der Waals surface area contributed by atoms with E-state index >= 15 is 0 Å². The fraction of sp³-hybridized carbons (Fsp3) is 0.571. The van der Waals surface area contributed by atoms with E-state index in [1.54, 1.807) is 19.2 Å². The lowest BCUT2D eigenvalue weighted by molar-refractivity contribution is 0.202. The van der Waals surface area contributed by atoms with Crippen LogP contribution < -0.4 is 10.2 Å². The number of hydrogen-bond acceptors (Lipinski definition) is 5. The minimum Gasteiger partial charge on any atom is -0.496 e. The third-order valence-corrected chi connectivity index (χ3v) is 5.33. The van der Waals surface area contributed by atoms with E-state index in [2.05, 4.69) is 18.7 Å². The molecular weight excluding hydrogens is 273 g/mol. The molecular formula is C14H22BNO3S. The Kier molecular flexibility index (Phi) is 5.38. The second-order valence-electron chi connectivity index (χ2n) is 5.23. The number of benzene rings is 1. The van der Waals surface area contributed by atoms with Gasteiger partial charge in [0.2, 0.25) is 0 Å². The summed E-state index contributed by atoms with van der Waals surface area (Å²) in [6.07, 6.45) is 0. The molecule has 1 aromatic carbocycles. The highest BCUT2D eigenvalue weighted by atomic mass is 32.2. The zero-order valence-corrected chi connectivity index (χ0v) is 13.1. The number of nitrogens with zero attached hydrogens (tertiary/aromatic N) is 1. The molecule has 0 spiro atoms. The average molecular weight is 295 g/mol. The SMILES string of the molecule is COc1ccc(B(O)O)cc1CN1CCSC(C)C1C. The van der Waals surface area contributed by atoms with Gasteiger partial charge in [-0.2, -0.15) is 11.8 Å². The molecule has 0 radical (unpaired) electrons. The highest BCUT2D eigenvalue weighted by Gasteiger charge is 2.26. The summed E-state index contributed by atoms with van der Waals surface area (Å²) in [4.78, 5) is 2.42. The fourth-order valence-electron chi connectivity index (χ4n) is 2.52. The van der Waals surface area contributed by atoms with Crippen LogP contribution in [0.4, 0.5) is 0 Å². The lowest BCUT2D eigenvalue weighted by atomic mass is 9.79. The zero-order valence-electron chi connectivity index (χ0n) is 12.2. The normalized spacial score (nSPS) is 23.6. The van der Waals surface area contributed by atoms with Crippen molar-refractivity contribution in [3.8, 4) is 5.75 Å². The second kappa shape index (κ2) is 6.85. The maximum absolute atomic E-state index is 9.31. The van der Waals surface area contributed by atoms with Gasteiger partial charge in [0.15, 0.2) is 0 Å². The summed E-state index contributed by atoms with van der Waals surface area (Å²) in [5, 5.41) is 19.2. The van der Waals surface area contributed by atoms with Gasteiger partial charge in [0.05, 0.1) is 7.11 Å². The van der Waals surface area contributed by atoms with Crippen molar-refractivity contribution in [3.63, 3.8) is 0 Å². The number of hydrogen-bond donors (Lipinski definition) is 2. The van der Waals surface area contributed by atoms with Crippen LogP contribution >= 0.6 is 11.8 Å². The molecule has 0 aromatic heterocycles. The molecule has 0 saturated carbocycles. The molecule has 2 rings (SSSR count). The van der Waals surface area contributed by atoms with Gasteiger partial charge in [-0.25, -0.2) is 0 Å². The third-order valence-electron chi connectivity index (χ3n) is 3.99. The summed E-state index contributed by atoms with van der Waals surface area (Å²) in [6.45, 7) is 6.32. The molecule has 0 bridgehead atoms. The summed E-state index contributed by atoms with van der Waals surface area (Å²) < 4.78 is 5.39. The van der Waals surface area contributed by atoms with Crippen LogP contribution in [0.1, 0.15) is 19.4 Å². The first-order valence-corrected chi connectivity index (χ1v) is 7.96. The van der Waals surface area contributed by atoms with Crippen LogP contribution in [0, 0.1) is 0 Å². The van der Waals surface area contributed by atoms with E-state index in [0.717, 1.165) is 30.2 Å². The van der Waals surface area contributed by atoms with Gasteiger partial charge in [0, 0.05) is 35.7 Å². The Morgan fingerprint density at radius 3 is 2.80 bits per heavy atom. The Bertz CT molecular complexity index is 458. The van der Waals surface area contributed by atoms with Gasteiger partial charge < -0.3 is 14.8 Å². The highest BCUT2D eigenvalue weighted by Crippen LogP contribution is 2.27. The van der Waals surface area contributed by atoms with Crippen molar-refractivity contribution in [2.24, 2.45) is 0 Å². The van der Waals surface area contributed by atoms with Crippen molar-refractivity contribution >= 4 is 24.3 Å². The van der Waals surface area contributed by atoms with Crippen molar-refractivity contribution in [3.05, 3.63) is 23.8 Å². The minimum absolute atomic E-state index is 0.501. The molecule has 1 fully saturated rings.